The highest BCUT2D eigenvalue weighted by atomic mass is 32.1. The van der Waals surface area contributed by atoms with Crippen LogP contribution in [0.25, 0.3) is 22.3 Å². The van der Waals surface area contributed by atoms with Crippen molar-refractivity contribution in [1.29, 1.82) is 0 Å². The van der Waals surface area contributed by atoms with Crippen molar-refractivity contribution in [2.24, 2.45) is 0 Å². The number of H-pyrrole nitrogens is 1. The fraction of sp³-hybridized carbons (Fsp3) is 0.231. The molecule has 3 aromatic rings. The van der Waals surface area contributed by atoms with Gasteiger partial charge in [0.15, 0.2) is 0 Å². The first-order chi connectivity index (χ1) is 8.34. The number of aryl methyl sites for hydroxylation is 1. The minimum atomic E-state index is 0.915. The lowest BCUT2D eigenvalue weighted by atomic mass is 10.1. The Morgan fingerprint density at radius 2 is 2.06 bits per heavy atom. The third kappa shape index (κ3) is 2.22. The van der Waals surface area contributed by atoms with Crippen molar-refractivity contribution in [2.45, 2.75) is 20.8 Å². The molecule has 1 N–H and O–H groups in total. The van der Waals surface area contributed by atoms with E-state index in [-0.39, 0.29) is 0 Å². The quantitative estimate of drug-likeness (QED) is 0.703. The molecule has 0 fully saturated rings. The number of aromatic amines is 1. The molecule has 0 saturated carbocycles. The lowest BCUT2D eigenvalue weighted by Crippen LogP contribution is -1.82. The predicted octanol–water partition coefficient (Wildman–Crippen LogP) is 4.02. The summed E-state index contributed by atoms with van der Waals surface area (Å²) in [6.07, 6.45) is 3.71. The van der Waals surface area contributed by atoms with E-state index in [1.165, 1.54) is 0 Å². The van der Waals surface area contributed by atoms with E-state index in [0.29, 0.717) is 0 Å². The molecular formula is C13H15N3S. The second kappa shape index (κ2) is 5.10. The van der Waals surface area contributed by atoms with Gasteiger partial charge in [-0.3, -0.25) is 0 Å². The van der Waals surface area contributed by atoms with E-state index in [1.54, 1.807) is 11.3 Å². The first-order valence-electron chi connectivity index (χ1n) is 5.69. The smallest absolute Gasteiger partial charge is 0.137 e. The summed E-state index contributed by atoms with van der Waals surface area (Å²) in [4.78, 5) is 11.8. The van der Waals surface area contributed by atoms with Crippen LogP contribution in [0.5, 0.6) is 0 Å². The predicted molar refractivity (Wildman–Crippen MR) is 73.3 cm³/mol. The Labute approximate surface area is 105 Å². The van der Waals surface area contributed by atoms with Crippen molar-refractivity contribution in [3.8, 4) is 11.3 Å². The summed E-state index contributed by atoms with van der Waals surface area (Å²) in [6.45, 7) is 6.02. The number of hydrogen-bond acceptors (Lipinski definition) is 3. The van der Waals surface area contributed by atoms with E-state index in [0.717, 1.165) is 27.3 Å². The molecule has 0 aliphatic carbocycles. The Morgan fingerprint density at radius 3 is 2.76 bits per heavy atom. The van der Waals surface area contributed by atoms with E-state index in [2.05, 4.69) is 20.3 Å². The summed E-state index contributed by atoms with van der Waals surface area (Å²) in [5, 5.41) is 4.30. The number of rotatable bonds is 1. The Kier molecular flexibility index (Phi) is 3.54. The Balaban J connectivity index is 0.000000514. The molecule has 0 saturated heterocycles. The van der Waals surface area contributed by atoms with Crippen LogP contribution in [0.2, 0.25) is 0 Å². The molecule has 4 heteroatoms. The van der Waals surface area contributed by atoms with Crippen LogP contribution < -0.4 is 0 Å². The van der Waals surface area contributed by atoms with E-state index < -0.39 is 0 Å². The molecule has 0 bridgehead atoms. The van der Waals surface area contributed by atoms with Crippen LogP contribution in [0.4, 0.5) is 0 Å². The maximum atomic E-state index is 4.49. The maximum absolute atomic E-state index is 4.49. The van der Waals surface area contributed by atoms with Gasteiger partial charge in [-0.15, -0.1) is 11.3 Å². The summed E-state index contributed by atoms with van der Waals surface area (Å²) in [7, 11) is 0. The van der Waals surface area contributed by atoms with Gasteiger partial charge in [0, 0.05) is 28.7 Å². The summed E-state index contributed by atoms with van der Waals surface area (Å²) < 4.78 is 0. The highest BCUT2D eigenvalue weighted by Crippen LogP contribution is 2.27. The number of pyridine rings is 1. The first-order valence-corrected chi connectivity index (χ1v) is 6.57. The molecule has 3 aromatic heterocycles. The molecule has 0 radical (unpaired) electrons. The fourth-order valence-corrected chi connectivity index (χ4v) is 2.28. The second-order valence-corrected chi connectivity index (χ2v) is 4.41. The van der Waals surface area contributed by atoms with Crippen molar-refractivity contribution >= 4 is 22.4 Å². The lowest BCUT2D eigenvalue weighted by molar-refractivity contribution is 1.29. The van der Waals surface area contributed by atoms with Gasteiger partial charge in [-0.1, -0.05) is 13.8 Å². The van der Waals surface area contributed by atoms with Crippen LogP contribution in [0, 0.1) is 6.92 Å². The monoisotopic (exact) mass is 245 g/mol. The molecule has 0 amide bonds. The van der Waals surface area contributed by atoms with Crippen LogP contribution in [0.3, 0.4) is 0 Å². The average Bonchev–Trinajstić information content (AvgIpc) is 2.99. The van der Waals surface area contributed by atoms with Gasteiger partial charge in [-0.25, -0.2) is 9.97 Å². The summed E-state index contributed by atoms with van der Waals surface area (Å²) in [5.41, 5.74) is 3.09. The standard InChI is InChI=1S/C11H9N3S.C2H6/c1-7-14-10(6-15-7)8-2-4-12-11-9(8)3-5-13-11;1-2/h2-6H,1H3,(H,12,13);1-2H3. The Morgan fingerprint density at radius 1 is 1.24 bits per heavy atom. The highest BCUT2D eigenvalue weighted by molar-refractivity contribution is 7.09. The second-order valence-electron chi connectivity index (χ2n) is 3.35. The third-order valence-corrected chi connectivity index (χ3v) is 3.13. The molecule has 3 rings (SSSR count). The van der Waals surface area contributed by atoms with Gasteiger partial charge in [0.2, 0.25) is 0 Å². The topological polar surface area (TPSA) is 41.6 Å². The number of fused-ring (bicyclic) bond motifs is 1. The third-order valence-electron chi connectivity index (χ3n) is 2.36. The minimum absolute atomic E-state index is 0.915. The molecule has 3 heterocycles. The number of hydrogen-bond donors (Lipinski definition) is 1. The van der Waals surface area contributed by atoms with Gasteiger partial charge in [0.05, 0.1) is 10.7 Å². The largest absolute Gasteiger partial charge is 0.346 e. The molecule has 0 aliphatic rings. The molecular weight excluding hydrogens is 230 g/mol. The normalized spacial score (nSPS) is 10.1. The first kappa shape index (κ1) is 11.8. The van der Waals surface area contributed by atoms with E-state index in [1.807, 2.05) is 45.3 Å². The molecule has 0 unspecified atom stereocenters. The van der Waals surface area contributed by atoms with Crippen LogP contribution in [-0.2, 0) is 0 Å². The van der Waals surface area contributed by atoms with Gasteiger partial charge in [-0.05, 0) is 19.1 Å². The molecule has 0 aliphatic heterocycles. The lowest BCUT2D eigenvalue weighted by Gasteiger charge is -1.97. The van der Waals surface area contributed by atoms with Gasteiger partial charge >= 0.3 is 0 Å². The summed E-state index contributed by atoms with van der Waals surface area (Å²) in [6, 6.07) is 4.04. The Bertz CT molecular complexity index is 610. The van der Waals surface area contributed by atoms with E-state index in [9.17, 15) is 0 Å². The van der Waals surface area contributed by atoms with Crippen molar-refractivity contribution in [2.75, 3.05) is 0 Å². The van der Waals surface area contributed by atoms with Gasteiger partial charge in [0.1, 0.15) is 5.65 Å². The van der Waals surface area contributed by atoms with Gasteiger partial charge in [-0.2, -0.15) is 0 Å². The molecule has 0 aromatic carbocycles. The molecule has 0 atom stereocenters. The van der Waals surface area contributed by atoms with Crippen molar-refractivity contribution < 1.29 is 0 Å². The number of aromatic nitrogens is 3. The fourth-order valence-electron chi connectivity index (χ4n) is 1.67. The maximum Gasteiger partial charge on any atom is 0.137 e. The number of thiazole rings is 1. The van der Waals surface area contributed by atoms with E-state index >= 15 is 0 Å². The average molecular weight is 245 g/mol. The van der Waals surface area contributed by atoms with Crippen LogP contribution in [0.15, 0.2) is 29.9 Å². The van der Waals surface area contributed by atoms with Crippen molar-refractivity contribution in [1.82, 2.24) is 15.0 Å². The van der Waals surface area contributed by atoms with Crippen LogP contribution in [0.1, 0.15) is 18.9 Å². The summed E-state index contributed by atoms with van der Waals surface area (Å²) >= 11 is 1.67. The van der Waals surface area contributed by atoms with Crippen molar-refractivity contribution in [3.05, 3.63) is 34.9 Å². The zero-order valence-corrected chi connectivity index (χ0v) is 11.0. The van der Waals surface area contributed by atoms with Crippen molar-refractivity contribution in [3.63, 3.8) is 0 Å². The molecule has 17 heavy (non-hydrogen) atoms. The zero-order valence-electron chi connectivity index (χ0n) is 10.2. The number of nitrogens with one attached hydrogen (secondary N) is 1. The van der Waals surface area contributed by atoms with Gasteiger partial charge < -0.3 is 4.98 Å². The van der Waals surface area contributed by atoms with E-state index in [4.69, 9.17) is 0 Å². The minimum Gasteiger partial charge on any atom is -0.346 e. The molecule has 3 nitrogen and oxygen atoms in total. The zero-order chi connectivity index (χ0) is 12.3. The highest BCUT2D eigenvalue weighted by Gasteiger charge is 2.07. The Hall–Kier alpha value is -1.68. The SMILES string of the molecule is CC.Cc1nc(-c2ccnc3[nH]ccc23)cs1. The van der Waals surface area contributed by atoms with Gasteiger partial charge in [0.25, 0.3) is 0 Å². The van der Waals surface area contributed by atoms with Crippen LogP contribution >= 0.6 is 11.3 Å². The summed E-state index contributed by atoms with van der Waals surface area (Å²) in [5.74, 6) is 0. The van der Waals surface area contributed by atoms with Crippen LogP contribution in [-0.4, -0.2) is 15.0 Å². The molecule has 88 valence electrons. The molecule has 0 spiro atoms. The number of nitrogens with zero attached hydrogens (tertiary/aromatic N) is 2.